The fourth-order valence-corrected chi connectivity index (χ4v) is 1.15. The van der Waals surface area contributed by atoms with Crippen molar-refractivity contribution in [3.63, 3.8) is 0 Å². The van der Waals surface area contributed by atoms with Gasteiger partial charge < -0.3 is 4.74 Å². The largest absolute Gasteiger partial charge is 0.469 e. The minimum absolute atomic E-state index is 0.0894. The minimum Gasteiger partial charge on any atom is -0.469 e. The van der Waals surface area contributed by atoms with E-state index in [0.717, 1.165) is 19.3 Å². The van der Waals surface area contributed by atoms with Gasteiger partial charge in [0.2, 0.25) is 0 Å². The predicted molar refractivity (Wildman–Crippen MR) is 54.5 cm³/mol. The fraction of sp³-hybridized carbons (Fsp3) is 0.727. The highest BCUT2D eigenvalue weighted by molar-refractivity contribution is 5.68. The number of unbranched alkanes of at least 4 members (excludes halogenated alkanes) is 4. The summed E-state index contributed by atoms with van der Waals surface area (Å²) in [5, 5.41) is 0. The Bertz CT molecular complexity index is 150. The van der Waals surface area contributed by atoms with E-state index >= 15 is 0 Å². The van der Waals surface area contributed by atoms with Gasteiger partial charge in [0, 0.05) is 6.42 Å². The van der Waals surface area contributed by atoms with Gasteiger partial charge >= 0.3 is 5.97 Å². The van der Waals surface area contributed by atoms with Crippen molar-refractivity contribution in [2.75, 3.05) is 7.11 Å². The number of rotatable bonds is 7. The molecule has 0 aromatic heterocycles. The molecule has 0 aliphatic rings. The number of allylic oxidation sites excluding steroid dienone is 2. The number of ether oxygens (including phenoxy) is 1. The quantitative estimate of drug-likeness (QED) is 0.345. The van der Waals surface area contributed by atoms with Gasteiger partial charge in [0.1, 0.15) is 0 Å². The summed E-state index contributed by atoms with van der Waals surface area (Å²) in [4.78, 5) is 10.7. The third-order valence-electron chi connectivity index (χ3n) is 1.97. The van der Waals surface area contributed by atoms with E-state index in [9.17, 15) is 4.79 Å². The van der Waals surface area contributed by atoms with Crippen LogP contribution in [0.25, 0.3) is 0 Å². The number of esters is 1. The first-order chi connectivity index (χ1) is 6.31. The average Bonchev–Trinajstić information content (AvgIpc) is 2.16. The number of methoxy groups -OCH3 is 1. The Hall–Kier alpha value is -0.790. The Morgan fingerprint density at radius 3 is 2.54 bits per heavy atom. The van der Waals surface area contributed by atoms with Crippen LogP contribution >= 0.6 is 0 Å². The summed E-state index contributed by atoms with van der Waals surface area (Å²) in [6, 6.07) is 0. The molecule has 2 heteroatoms. The molecule has 0 aromatic carbocycles. The van der Waals surface area contributed by atoms with E-state index in [1.165, 1.54) is 20.0 Å². The molecule has 0 atom stereocenters. The molecule has 76 valence electrons. The minimum atomic E-state index is -0.0894. The highest BCUT2D eigenvalue weighted by atomic mass is 16.5. The highest BCUT2D eigenvalue weighted by Crippen LogP contribution is 2.06. The molecular weight excluding hydrogens is 164 g/mol. The Morgan fingerprint density at radius 1 is 1.23 bits per heavy atom. The fourth-order valence-electron chi connectivity index (χ4n) is 1.15. The van der Waals surface area contributed by atoms with Gasteiger partial charge in [-0.1, -0.05) is 25.0 Å². The van der Waals surface area contributed by atoms with Gasteiger partial charge in [0.25, 0.3) is 0 Å². The Kier molecular flexibility index (Phi) is 8.73. The first-order valence-electron chi connectivity index (χ1n) is 4.99. The average molecular weight is 184 g/mol. The molecule has 0 spiro atoms. The van der Waals surface area contributed by atoms with Gasteiger partial charge in [0.05, 0.1) is 7.11 Å². The number of hydrogen-bond acceptors (Lipinski definition) is 2. The lowest BCUT2D eigenvalue weighted by atomic mass is 10.1. The number of hydrogen-bond donors (Lipinski definition) is 0. The zero-order chi connectivity index (χ0) is 9.94. The van der Waals surface area contributed by atoms with E-state index in [1.54, 1.807) is 0 Å². The van der Waals surface area contributed by atoms with Crippen LogP contribution in [-0.2, 0) is 9.53 Å². The van der Waals surface area contributed by atoms with Crippen molar-refractivity contribution in [3.05, 3.63) is 12.2 Å². The molecule has 0 fully saturated rings. The molecular formula is C11H20O2. The third kappa shape index (κ3) is 9.12. The smallest absolute Gasteiger partial charge is 0.305 e. The first kappa shape index (κ1) is 12.2. The van der Waals surface area contributed by atoms with Gasteiger partial charge in [-0.2, -0.15) is 0 Å². The third-order valence-corrected chi connectivity index (χ3v) is 1.97. The monoisotopic (exact) mass is 184 g/mol. The molecule has 0 unspecified atom stereocenters. The Morgan fingerprint density at radius 2 is 1.92 bits per heavy atom. The van der Waals surface area contributed by atoms with Crippen LogP contribution in [0.3, 0.4) is 0 Å². The highest BCUT2D eigenvalue weighted by Gasteiger charge is 1.98. The summed E-state index contributed by atoms with van der Waals surface area (Å²) < 4.78 is 4.55. The molecule has 0 radical (unpaired) electrons. The van der Waals surface area contributed by atoms with Crippen LogP contribution in [0.1, 0.15) is 45.4 Å². The molecule has 0 saturated carbocycles. The summed E-state index contributed by atoms with van der Waals surface area (Å²) in [6.45, 7) is 2.04. The van der Waals surface area contributed by atoms with Gasteiger partial charge in [-0.25, -0.2) is 0 Å². The second-order valence-corrected chi connectivity index (χ2v) is 3.10. The van der Waals surface area contributed by atoms with Gasteiger partial charge in [0.15, 0.2) is 0 Å². The normalized spacial score (nSPS) is 10.6. The van der Waals surface area contributed by atoms with Crippen LogP contribution in [0.4, 0.5) is 0 Å². The molecule has 13 heavy (non-hydrogen) atoms. The lowest BCUT2D eigenvalue weighted by Gasteiger charge is -1.98. The molecule has 0 rings (SSSR count). The van der Waals surface area contributed by atoms with E-state index in [1.807, 2.05) is 6.92 Å². The molecule has 0 aliphatic heterocycles. The number of carbonyl (C=O) groups excluding carboxylic acids is 1. The van der Waals surface area contributed by atoms with Gasteiger partial charge in [-0.15, -0.1) is 0 Å². The maximum atomic E-state index is 10.7. The van der Waals surface area contributed by atoms with Crippen LogP contribution in [0.15, 0.2) is 12.2 Å². The lowest BCUT2D eigenvalue weighted by Crippen LogP contribution is -1.98. The Labute approximate surface area is 81.0 Å². The topological polar surface area (TPSA) is 26.3 Å². The number of carbonyl (C=O) groups is 1. The maximum Gasteiger partial charge on any atom is 0.305 e. The summed E-state index contributed by atoms with van der Waals surface area (Å²) in [5.41, 5.74) is 0. The summed E-state index contributed by atoms with van der Waals surface area (Å²) in [7, 11) is 1.44. The van der Waals surface area contributed by atoms with E-state index < -0.39 is 0 Å². The van der Waals surface area contributed by atoms with Crippen molar-refractivity contribution in [1.29, 1.82) is 0 Å². The zero-order valence-corrected chi connectivity index (χ0v) is 8.71. The molecule has 0 amide bonds. The van der Waals surface area contributed by atoms with Crippen LogP contribution < -0.4 is 0 Å². The second kappa shape index (κ2) is 9.30. The van der Waals surface area contributed by atoms with Crippen molar-refractivity contribution in [3.8, 4) is 0 Å². The van der Waals surface area contributed by atoms with E-state index in [4.69, 9.17) is 0 Å². The van der Waals surface area contributed by atoms with E-state index in [-0.39, 0.29) is 5.97 Å². The molecule has 0 saturated heterocycles. The van der Waals surface area contributed by atoms with Crippen molar-refractivity contribution < 1.29 is 9.53 Å². The summed E-state index contributed by atoms with van der Waals surface area (Å²) in [6.07, 6.45) is 10.5. The summed E-state index contributed by atoms with van der Waals surface area (Å²) in [5.74, 6) is -0.0894. The van der Waals surface area contributed by atoms with Crippen molar-refractivity contribution in [2.45, 2.75) is 45.4 Å². The lowest BCUT2D eigenvalue weighted by molar-refractivity contribution is -0.140. The standard InChI is InChI=1S/C11H20O2/c1-3-4-5-6-7-8-9-10-11(12)13-2/h3-4H,5-10H2,1-2H3. The van der Waals surface area contributed by atoms with Crippen molar-refractivity contribution >= 4 is 5.97 Å². The van der Waals surface area contributed by atoms with Crippen LogP contribution in [0, 0.1) is 0 Å². The van der Waals surface area contributed by atoms with Gasteiger partial charge in [-0.3, -0.25) is 4.79 Å². The van der Waals surface area contributed by atoms with Crippen LogP contribution in [0.2, 0.25) is 0 Å². The molecule has 0 heterocycles. The Balaban J connectivity index is 3.03. The molecule has 0 aliphatic carbocycles. The zero-order valence-electron chi connectivity index (χ0n) is 8.71. The molecule has 2 nitrogen and oxygen atoms in total. The van der Waals surface area contributed by atoms with Crippen LogP contribution in [-0.4, -0.2) is 13.1 Å². The maximum absolute atomic E-state index is 10.7. The molecule has 0 bridgehead atoms. The van der Waals surface area contributed by atoms with Gasteiger partial charge in [-0.05, 0) is 26.2 Å². The second-order valence-electron chi connectivity index (χ2n) is 3.10. The molecule has 0 aromatic rings. The van der Waals surface area contributed by atoms with E-state index in [2.05, 4.69) is 16.9 Å². The first-order valence-corrected chi connectivity index (χ1v) is 4.99. The van der Waals surface area contributed by atoms with Crippen LogP contribution in [0.5, 0.6) is 0 Å². The van der Waals surface area contributed by atoms with Crippen molar-refractivity contribution in [2.24, 2.45) is 0 Å². The molecule has 0 N–H and O–H groups in total. The predicted octanol–water partition coefficient (Wildman–Crippen LogP) is 3.08. The van der Waals surface area contributed by atoms with Crippen molar-refractivity contribution in [1.82, 2.24) is 0 Å². The summed E-state index contributed by atoms with van der Waals surface area (Å²) >= 11 is 0. The van der Waals surface area contributed by atoms with E-state index in [0.29, 0.717) is 6.42 Å². The SMILES string of the molecule is CC=CCCCCCCC(=O)OC.